The number of nitriles is 1. The van der Waals surface area contributed by atoms with Crippen LogP contribution in [0.25, 0.3) is 0 Å². The van der Waals surface area contributed by atoms with E-state index in [0.29, 0.717) is 26.4 Å². The van der Waals surface area contributed by atoms with Crippen molar-refractivity contribution in [1.82, 2.24) is 0 Å². The first kappa shape index (κ1) is 11.5. The summed E-state index contributed by atoms with van der Waals surface area (Å²) in [5.74, 6) is 0. The zero-order valence-corrected chi connectivity index (χ0v) is 10.9. The van der Waals surface area contributed by atoms with Gasteiger partial charge in [0.2, 0.25) is 0 Å². The smallest absolute Gasteiger partial charge is 0.118 e. The number of ether oxygens (including phenoxy) is 2. The standard InChI is InChI=1S/C16H17NO2/c17-7-15(8-18-9-15)16(10-19-11-16)14-5-4-12-2-1-3-13(12)6-14/h4-6H,1-3,8-11H2. The van der Waals surface area contributed by atoms with Crippen LogP contribution in [-0.2, 0) is 27.7 Å². The van der Waals surface area contributed by atoms with E-state index in [2.05, 4.69) is 24.3 Å². The molecule has 2 fully saturated rings. The van der Waals surface area contributed by atoms with Crippen LogP contribution in [0.1, 0.15) is 23.1 Å². The van der Waals surface area contributed by atoms with Gasteiger partial charge in [-0.1, -0.05) is 18.2 Å². The summed E-state index contributed by atoms with van der Waals surface area (Å²) < 4.78 is 10.8. The minimum Gasteiger partial charge on any atom is -0.379 e. The lowest BCUT2D eigenvalue weighted by molar-refractivity contribution is -0.201. The molecule has 98 valence electrons. The topological polar surface area (TPSA) is 42.2 Å². The number of benzene rings is 1. The highest BCUT2D eigenvalue weighted by Gasteiger charge is 2.62. The fourth-order valence-corrected chi connectivity index (χ4v) is 3.65. The van der Waals surface area contributed by atoms with Crippen LogP contribution in [0.4, 0.5) is 0 Å². The largest absolute Gasteiger partial charge is 0.379 e. The molecule has 3 heteroatoms. The molecular formula is C16H17NO2. The van der Waals surface area contributed by atoms with Gasteiger partial charge >= 0.3 is 0 Å². The van der Waals surface area contributed by atoms with Gasteiger partial charge in [-0.25, -0.2) is 0 Å². The molecule has 19 heavy (non-hydrogen) atoms. The Balaban J connectivity index is 1.79. The van der Waals surface area contributed by atoms with E-state index in [0.717, 1.165) is 0 Å². The van der Waals surface area contributed by atoms with E-state index < -0.39 is 0 Å². The molecular weight excluding hydrogens is 238 g/mol. The Morgan fingerprint density at radius 3 is 2.32 bits per heavy atom. The lowest BCUT2D eigenvalue weighted by atomic mass is 9.58. The minimum atomic E-state index is -0.377. The predicted molar refractivity (Wildman–Crippen MR) is 69.8 cm³/mol. The summed E-state index contributed by atoms with van der Waals surface area (Å²) in [6.07, 6.45) is 3.64. The third-order valence-corrected chi connectivity index (χ3v) is 5.17. The van der Waals surface area contributed by atoms with Crippen LogP contribution in [0.3, 0.4) is 0 Å². The van der Waals surface area contributed by atoms with Gasteiger partial charge < -0.3 is 9.47 Å². The zero-order chi connectivity index (χ0) is 12.9. The maximum Gasteiger partial charge on any atom is 0.118 e. The predicted octanol–water partition coefficient (Wildman–Crippen LogP) is 1.98. The van der Waals surface area contributed by atoms with Crippen LogP contribution < -0.4 is 0 Å². The molecule has 1 aliphatic carbocycles. The first-order valence-corrected chi connectivity index (χ1v) is 6.99. The highest BCUT2D eigenvalue weighted by Crippen LogP contribution is 2.51. The van der Waals surface area contributed by atoms with Crippen molar-refractivity contribution < 1.29 is 9.47 Å². The van der Waals surface area contributed by atoms with Crippen molar-refractivity contribution in [1.29, 1.82) is 5.26 Å². The molecule has 2 aliphatic heterocycles. The van der Waals surface area contributed by atoms with Crippen molar-refractivity contribution in [2.75, 3.05) is 26.4 Å². The molecule has 0 bridgehead atoms. The Morgan fingerprint density at radius 2 is 1.74 bits per heavy atom. The maximum absolute atomic E-state index is 9.61. The molecule has 0 amide bonds. The molecule has 0 spiro atoms. The normalized spacial score (nSPS) is 25.8. The first-order valence-electron chi connectivity index (χ1n) is 6.99. The van der Waals surface area contributed by atoms with Gasteiger partial charge in [0.15, 0.2) is 0 Å². The Labute approximate surface area is 113 Å². The molecule has 0 unspecified atom stereocenters. The van der Waals surface area contributed by atoms with E-state index in [-0.39, 0.29) is 10.8 Å². The summed E-state index contributed by atoms with van der Waals surface area (Å²) in [6.45, 7) is 2.40. The molecule has 0 N–H and O–H groups in total. The molecule has 0 saturated carbocycles. The fraction of sp³-hybridized carbons (Fsp3) is 0.562. The summed E-state index contributed by atoms with van der Waals surface area (Å²) >= 11 is 0. The summed E-state index contributed by atoms with van der Waals surface area (Å²) in [4.78, 5) is 0. The van der Waals surface area contributed by atoms with Gasteiger partial charge in [-0.2, -0.15) is 5.26 Å². The Kier molecular flexibility index (Phi) is 2.30. The third-order valence-electron chi connectivity index (χ3n) is 5.17. The first-order chi connectivity index (χ1) is 9.30. The van der Waals surface area contributed by atoms with E-state index in [1.54, 1.807) is 0 Å². The van der Waals surface area contributed by atoms with Crippen LogP contribution in [0.2, 0.25) is 0 Å². The molecule has 1 aromatic carbocycles. The van der Waals surface area contributed by atoms with Crippen LogP contribution in [-0.4, -0.2) is 26.4 Å². The average molecular weight is 255 g/mol. The van der Waals surface area contributed by atoms with Crippen LogP contribution in [0, 0.1) is 16.7 Å². The van der Waals surface area contributed by atoms with E-state index in [1.807, 2.05) is 0 Å². The monoisotopic (exact) mass is 255 g/mol. The summed E-state index contributed by atoms with van der Waals surface area (Å²) in [6, 6.07) is 9.31. The van der Waals surface area contributed by atoms with E-state index in [4.69, 9.17) is 9.47 Å². The molecule has 1 aromatic rings. The third kappa shape index (κ3) is 1.34. The summed E-state index contributed by atoms with van der Waals surface area (Å²) in [5.41, 5.74) is 3.71. The van der Waals surface area contributed by atoms with Crippen molar-refractivity contribution in [3.63, 3.8) is 0 Å². The Hall–Kier alpha value is -1.37. The minimum absolute atomic E-state index is 0.141. The second kappa shape index (κ2) is 3.82. The number of nitrogens with zero attached hydrogens (tertiary/aromatic N) is 1. The Morgan fingerprint density at radius 1 is 1.00 bits per heavy atom. The molecule has 2 saturated heterocycles. The second-order valence-electron chi connectivity index (χ2n) is 6.10. The molecule has 3 nitrogen and oxygen atoms in total. The average Bonchev–Trinajstić information content (AvgIpc) is 2.78. The molecule has 2 heterocycles. The van der Waals surface area contributed by atoms with E-state index in [9.17, 15) is 5.26 Å². The van der Waals surface area contributed by atoms with Crippen molar-refractivity contribution in [2.45, 2.75) is 24.7 Å². The second-order valence-corrected chi connectivity index (χ2v) is 6.10. The molecule has 3 aliphatic rings. The van der Waals surface area contributed by atoms with Gasteiger partial charge in [0.25, 0.3) is 0 Å². The molecule has 0 aromatic heterocycles. The molecule has 0 atom stereocenters. The summed E-state index contributed by atoms with van der Waals surface area (Å²) in [5, 5.41) is 9.61. The van der Waals surface area contributed by atoms with Crippen molar-refractivity contribution in [3.8, 4) is 6.07 Å². The van der Waals surface area contributed by atoms with Gasteiger partial charge in [0.05, 0.1) is 37.9 Å². The lowest BCUT2D eigenvalue weighted by Crippen LogP contribution is -2.66. The van der Waals surface area contributed by atoms with E-state index >= 15 is 0 Å². The van der Waals surface area contributed by atoms with Crippen molar-refractivity contribution in [2.24, 2.45) is 5.41 Å². The fourth-order valence-electron chi connectivity index (χ4n) is 3.65. The number of rotatable bonds is 2. The highest BCUT2D eigenvalue weighted by molar-refractivity contribution is 5.43. The van der Waals surface area contributed by atoms with Crippen molar-refractivity contribution in [3.05, 3.63) is 34.9 Å². The van der Waals surface area contributed by atoms with Crippen LogP contribution in [0.5, 0.6) is 0 Å². The number of hydrogen-bond acceptors (Lipinski definition) is 3. The van der Waals surface area contributed by atoms with Gasteiger partial charge in [0.1, 0.15) is 5.41 Å². The molecule has 4 rings (SSSR count). The van der Waals surface area contributed by atoms with Gasteiger partial charge in [0, 0.05) is 0 Å². The van der Waals surface area contributed by atoms with Gasteiger partial charge in [-0.15, -0.1) is 0 Å². The lowest BCUT2D eigenvalue weighted by Gasteiger charge is -2.55. The quantitative estimate of drug-likeness (QED) is 0.811. The van der Waals surface area contributed by atoms with Crippen LogP contribution in [0.15, 0.2) is 18.2 Å². The SMILES string of the molecule is N#CC1(C2(c3ccc4c(c3)CCC4)COC2)COC1. The molecule has 0 radical (unpaired) electrons. The van der Waals surface area contributed by atoms with Crippen molar-refractivity contribution >= 4 is 0 Å². The Bertz CT molecular complexity index is 565. The van der Waals surface area contributed by atoms with Gasteiger partial charge in [-0.05, 0) is 36.0 Å². The maximum atomic E-state index is 9.61. The van der Waals surface area contributed by atoms with Gasteiger partial charge in [-0.3, -0.25) is 0 Å². The summed E-state index contributed by atoms with van der Waals surface area (Å²) in [7, 11) is 0. The number of fused-ring (bicyclic) bond motifs is 1. The van der Waals surface area contributed by atoms with E-state index in [1.165, 1.54) is 36.0 Å². The zero-order valence-electron chi connectivity index (χ0n) is 10.9. The van der Waals surface area contributed by atoms with Crippen LogP contribution >= 0.6 is 0 Å². The highest BCUT2D eigenvalue weighted by atomic mass is 16.5. The number of hydrogen-bond donors (Lipinski definition) is 0. The number of aryl methyl sites for hydroxylation is 2.